The Hall–Kier alpha value is -1.17. The van der Waals surface area contributed by atoms with Gasteiger partial charge in [-0.3, -0.25) is 16.2 Å². The van der Waals surface area contributed by atoms with E-state index in [2.05, 4.69) is 43.0 Å². The summed E-state index contributed by atoms with van der Waals surface area (Å²) in [5.41, 5.74) is 9.83. The molecule has 1 rings (SSSR count). The van der Waals surface area contributed by atoms with Crippen molar-refractivity contribution in [3.8, 4) is 0 Å². The van der Waals surface area contributed by atoms with Crippen LogP contribution in [0.5, 0.6) is 0 Å². The van der Waals surface area contributed by atoms with Crippen LogP contribution in [-0.4, -0.2) is 34.6 Å². The third-order valence-electron chi connectivity index (χ3n) is 3.98. The van der Waals surface area contributed by atoms with Gasteiger partial charge < -0.3 is 5.73 Å². The van der Waals surface area contributed by atoms with Gasteiger partial charge in [-0.1, -0.05) is 19.9 Å². The van der Waals surface area contributed by atoms with Gasteiger partial charge in [-0.2, -0.15) is 0 Å². The summed E-state index contributed by atoms with van der Waals surface area (Å²) in [6.45, 7) is 10.7. The predicted octanol–water partition coefficient (Wildman–Crippen LogP) is 1.16. The number of nitrogens with one attached hydrogen (secondary N) is 1. The Bertz CT molecular complexity index is 387. The summed E-state index contributed by atoms with van der Waals surface area (Å²) in [4.78, 5) is 6.52. The Morgan fingerprint density at radius 1 is 1.37 bits per heavy atom. The van der Waals surface area contributed by atoms with Crippen molar-refractivity contribution in [1.29, 1.82) is 0 Å². The standard InChI is InChI=1S/C14H27N5/c1-5-19(6-2)14(3,4)12(18-16)10-11-8-7-9-17-13(11)15/h7-9,12,18H,5-6,10,16H2,1-4H3,(H2,15,17). The molecule has 0 saturated heterocycles. The lowest BCUT2D eigenvalue weighted by Crippen LogP contribution is -2.60. The Kier molecular flexibility index (Phi) is 5.72. The minimum Gasteiger partial charge on any atom is -0.383 e. The van der Waals surface area contributed by atoms with Crippen molar-refractivity contribution in [3.63, 3.8) is 0 Å². The zero-order valence-corrected chi connectivity index (χ0v) is 12.5. The van der Waals surface area contributed by atoms with E-state index in [1.165, 1.54) is 0 Å². The lowest BCUT2D eigenvalue weighted by atomic mass is 9.88. The smallest absolute Gasteiger partial charge is 0.126 e. The number of pyridine rings is 1. The molecule has 0 aliphatic rings. The van der Waals surface area contributed by atoms with Crippen LogP contribution in [0.4, 0.5) is 5.82 Å². The molecule has 0 bridgehead atoms. The first-order valence-electron chi connectivity index (χ1n) is 6.87. The average molecular weight is 265 g/mol. The fourth-order valence-electron chi connectivity index (χ4n) is 2.61. The van der Waals surface area contributed by atoms with Crippen LogP contribution < -0.4 is 17.0 Å². The number of nitrogens with zero attached hydrogens (tertiary/aromatic N) is 2. The van der Waals surface area contributed by atoms with Gasteiger partial charge in [-0.25, -0.2) is 4.98 Å². The number of nitrogen functional groups attached to an aromatic ring is 1. The third-order valence-corrected chi connectivity index (χ3v) is 3.98. The SMILES string of the molecule is CCN(CC)C(C)(C)C(Cc1cccnc1N)NN. The van der Waals surface area contributed by atoms with E-state index >= 15 is 0 Å². The first-order valence-corrected chi connectivity index (χ1v) is 6.87. The molecule has 0 aliphatic heterocycles. The van der Waals surface area contributed by atoms with Gasteiger partial charge in [0.1, 0.15) is 5.82 Å². The lowest BCUT2D eigenvalue weighted by molar-refractivity contribution is 0.0912. The summed E-state index contributed by atoms with van der Waals surface area (Å²) in [6, 6.07) is 4.02. The summed E-state index contributed by atoms with van der Waals surface area (Å²) in [7, 11) is 0. The number of hydrazine groups is 1. The molecule has 0 radical (unpaired) electrons. The zero-order valence-electron chi connectivity index (χ0n) is 12.5. The quantitative estimate of drug-likeness (QED) is 0.509. The minimum atomic E-state index is -0.0550. The van der Waals surface area contributed by atoms with Crippen LogP contribution in [0.3, 0.4) is 0 Å². The van der Waals surface area contributed by atoms with Gasteiger partial charge in [-0.05, 0) is 45.0 Å². The Morgan fingerprint density at radius 2 is 2.00 bits per heavy atom. The van der Waals surface area contributed by atoms with Crippen molar-refractivity contribution in [2.75, 3.05) is 18.8 Å². The molecule has 0 saturated carbocycles. The molecule has 1 aromatic rings. The van der Waals surface area contributed by atoms with Crippen LogP contribution in [0.1, 0.15) is 33.3 Å². The first-order chi connectivity index (χ1) is 8.97. The lowest BCUT2D eigenvalue weighted by Gasteiger charge is -2.43. The van der Waals surface area contributed by atoms with Gasteiger partial charge in [0.15, 0.2) is 0 Å². The van der Waals surface area contributed by atoms with Gasteiger partial charge >= 0.3 is 0 Å². The number of likely N-dealkylation sites (N-methyl/N-ethyl adjacent to an activating group) is 1. The molecule has 1 atom stereocenters. The van der Waals surface area contributed by atoms with Gasteiger partial charge in [0, 0.05) is 17.8 Å². The van der Waals surface area contributed by atoms with E-state index in [-0.39, 0.29) is 11.6 Å². The number of aromatic nitrogens is 1. The Morgan fingerprint density at radius 3 is 2.47 bits per heavy atom. The Labute approximate surface area is 116 Å². The van der Waals surface area contributed by atoms with Crippen LogP contribution in [-0.2, 0) is 6.42 Å². The minimum absolute atomic E-state index is 0.0550. The van der Waals surface area contributed by atoms with Gasteiger partial charge in [0.05, 0.1) is 0 Å². The van der Waals surface area contributed by atoms with Crippen LogP contribution in [0.2, 0.25) is 0 Å². The largest absolute Gasteiger partial charge is 0.383 e. The summed E-state index contributed by atoms with van der Waals surface area (Å²) in [5.74, 6) is 6.35. The predicted molar refractivity (Wildman–Crippen MR) is 80.5 cm³/mol. The number of hydrogen-bond donors (Lipinski definition) is 3. The number of nitrogens with two attached hydrogens (primary N) is 2. The topological polar surface area (TPSA) is 80.2 Å². The van der Waals surface area contributed by atoms with Crippen molar-refractivity contribution in [1.82, 2.24) is 15.3 Å². The molecular weight excluding hydrogens is 238 g/mol. The highest BCUT2D eigenvalue weighted by molar-refractivity contribution is 5.39. The maximum Gasteiger partial charge on any atom is 0.126 e. The molecule has 19 heavy (non-hydrogen) atoms. The van der Waals surface area contributed by atoms with Crippen molar-refractivity contribution in [3.05, 3.63) is 23.9 Å². The van der Waals surface area contributed by atoms with Crippen molar-refractivity contribution < 1.29 is 0 Å². The molecule has 0 aliphatic carbocycles. The van der Waals surface area contributed by atoms with Gasteiger partial charge in [0.25, 0.3) is 0 Å². The zero-order chi connectivity index (χ0) is 14.5. The van der Waals surface area contributed by atoms with Crippen LogP contribution in [0, 0.1) is 0 Å². The molecule has 1 heterocycles. The van der Waals surface area contributed by atoms with Crippen LogP contribution in [0.25, 0.3) is 0 Å². The average Bonchev–Trinajstić information content (AvgIpc) is 2.38. The number of hydrogen-bond acceptors (Lipinski definition) is 5. The molecule has 0 fully saturated rings. The van der Waals surface area contributed by atoms with Crippen LogP contribution >= 0.6 is 0 Å². The molecule has 5 nitrogen and oxygen atoms in total. The maximum atomic E-state index is 5.91. The fourth-order valence-corrected chi connectivity index (χ4v) is 2.61. The van der Waals surface area contributed by atoms with E-state index in [0.29, 0.717) is 5.82 Å². The molecule has 0 aromatic carbocycles. The molecule has 0 amide bonds. The molecule has 0 spiro atoms. The van der Waals surface area contributed by atoms with E-state index < -0.39 is 0 Å². The second-order valence-electron chi connectivity index (χ2n) is 5.30. The van der Waals surface area contributed by atoms with Crippen molar-refractivity contribution in [2.45, 2.75) is 45.7 Å². The van der Waals surface area contributed by atoms with E-state index in [1.807, 2.05) is 12.1 Å². The van der Waals surface area contributed by atoms with Gasteiger partial charge in [0.2, 0.25) is 0 Å². The second kappa shape index (κ2) is 6.84. The van der Waals surface area contributed by atoms with E-state index in [0.717, 1.165) is 25.1 Å². The van der Waals surface area contributed by atoms with Crippen LogP contribution in [0.15, 0.2) is 18.3 Å². The highest BCUT2D eigenvalue weighted by Crippen LogP contribution is 2.22. The number of anilines is 1. The fraction of sp³-hybridized carbons (Fsp3) is 0.643. The normalized spacial score (nSPS) is 13.8. The monoisotopic (exact) mass is 265 g/mol. The molecule has 1 aromatic heterocycles. The van der Waals surface area contributed by atoms with E-state index in [9.17, 15) is 0 Å². The molecule has 5 N–H and O–H groups in total. The Balaban J connectivity index is 2.92. The summed E-state index contributed by atoms with van der Waals surface area (Å²) < 4.78 is 0. The molecule has 1 unspecified atom stereocenters. The highest BCUT2D eigenvalue weighted by Gasteiger charge is 2.33. The second-order valence-corrected chi connectivity index (χ2v) is 5.30. The van der Waals surface area contributed by atoms with Crippen molar-refractivity contribution in [2.24, 2.45) is 5.84 Å². The first kappa shape index (κ1) is 15.9. The van der Waals surface area contributed by atoms with Gasteiger partial charge in [-0.15, -0.1) is 0 Å². The summed E-state index contributed by atoms with van der Waals surface area (Å²) in [5, 5.41) is 0. The highest BCUT2D eigenvalue weighted by atomic mass is 15.3. The molecular formula is C14H27N5. The molecule has 5 heteroatoms. The summed E-state index contributed by atoms with van der Waals surface area (Å²) >= 11 is 0. The van der Waals surface area contributed by atoms with Crippen molar-refractivity contribution >= 4 is 5.82 Å². The third kappa shape index (κ3) is 3.65. The number of rotatable bonds is 7. The van der Waals surface area contributed by atoms with E-state index in [4.69, 9.17) is 11.6 Å². The summed E-state index contributed by atoms with van der Waals surface area (Å²) in [6.07, 6.45) is 2.47. The maximum absolute atomic E-state index is 5.91. The molecule has 108 valence electrons. The van der Waals surface area contributed by atoms with E-state index in [1.54, 1.807) is 6.20 Å².